The van der Waals surface area contributed by atoms with Crippen molar-refractivity contribution in [2.24, 2.45) is 0 Å². The van der Waals surface area contributed by atoms with Crippen LogP contribution in [0.1, 0.15) is 41.8 Å². The van der Waals surface area contributed by atoms with Gasteiger partial charge in [-0.2, -0.15) is 4.31 Å². The lowest BCUT2D eigenvalue weighted by Crippen LogP contribution is -3.14. The second-order valence-electron chi connectivity index (χ2n) is 8.40. The molecular weight excluding hydrogens is 418 g/mol. The Labute approximate surface area is 183 Å². The molecule has 4 rings (SSSR count). The van der Waals surface area contributed by atoms with Crippen LogP contribution in [-0.4, -0.2) is 71.1 Å². The predicted molar refractivity (Wildman–Crippen MR) is 117 cm³/mol. The molecule has 2 aliphatic rings. The molecular formula is C22H32N3O5S+. The van der Waals surface area contributed by atoms with Crippen LogP contribution in [0.2, 0.25) is 0 Å². The van der Waals surface area contributed by atoms with Crippen molar-refractivity contribution < 1.29 is 27.3 Å². The van der Waals surface area contributed by atoms with Crippen molar-refractivity contribution in [2.45, 2.75) is 37.5 Å². The first-order valence-corrected chi connectivity index (χ1v) is 12.6. The normalized spacial score (nSPS) is 19.0. The van der Waals surface area contributed by atoms with Crippen LogP contribution in [-0.2, 0) is 14.8 Å². The number of ether oxygens (including phenoxy) is 1. The van der Waals surface area contributed by atoms with E-state index in [-0.39, 0.29) is 16.6 Å². The van der Waals surface area contributed by atoms with Gasteiger partial charge in [-0.15, -0.1) is 0 Å². The molecule has 0 radical (unpaired) electrons. The van der Waals surface area contributed by atoms with Gasteiger partial charge in [0, 0.05) is 37.0 Å². The van der Waals surface area contributed by atoms with Gasteiger partial charge < -0.3 is 19.4 Å². The molecule has 1 aromatic carbocycles. The van der Waals surface area contributed by atoms with Crippen LogP contribution < -0.4 is 10.2 Å². The lowest BCUT2D eigenvalue weighted by molar-refractivity contribution is -0.908. The van der Waals surface area contributed by atoms with Gasteiger partial charge in [-0.3, -0.25) is 4.79 Å². The lowest BCUT2D eigenvalue weighted by atomic mass is 10.1. The average molecular weight is 451 g/mol. The number of nitrogens with one attached hydrogen (secondary N) is 2. The fourth-order valence-electron chi connectivity index (χ4n) is 4.36. The molecule has 0 atom stereocenters. The molecule has 8 nitrogen and oxygen atoms in total. The third-order valence-corrected chi connectivity index (χ3v) is 8.15. The van der Waals surface area contributed by atoms with Crippen LogP contribution in [0.3, 0.4) is 0 Å². The Morgan fingerprint density at radius 1 is 1.16 bits per heavy atom. The molecule has 0 bridgehead atoms. The van der Waals surface area contributed by atoms with Gasteiger partial charge in [0.2, 0.25) is 10.0 Å². The number of hydrogen-bond acceptors (Lipinski definition) is 5. The van der Waals surface area contributed by atoms with E-state index < -0.39 is 10.0 Å². The summed E-state index contributed by atoms with van der Waals surface area (Å²) in [4.78, 5) is 14.4. The molecule has 2 aliphatic heterocycles. The van der Waals surface area contributed by atoms with Gasteiger partial charge in [-0.05, 0) is 38.0 Å². The van der Waals surface area contributed by atoms with Gasteiger partial charge in [0.15, 0.2) is 5.76 Å². The minimum atomic E-state index is -3.53. The zero-order valence-corrected chi connectivity index (χ0v) is 18.9. The molecule has 9 heteroatoms. The number of morpholine rings is 1. The first-order valence-electron chi connectivity index (χ1n) is 11.2. The zero-order chi connectivity index (χ0) is 21.8. The second-order valence-corrected chi connectivity index (χ2v) is 10.3. The third kappa shape index (κ3) is 4.95. The summed E-state index contributed by atoms with van der Waals surface area (Å²) in [6, 6.07) is 4.86. The van der Waals surface area contributed by atoms with E-state index in [1.54, 1.807) is 29.4 Å². The summed E-state index contributed by atoms with van der Waals surface area (Å²) in [5.41, 5.74) is 1.19. The van der Waals surface area contributed by atoms with E-state index >= 15 is 0 Å². The second kappa shape index (κ2) is 9.68. The summed E-state index contributed by atoms with van der Waals surface area (Å²) in [6.45, 7) is 8.13. The molecule has 170 valence electrons. The van der Waals surface area contributed by atoms with Crippen molar-refractivity contribution in [1.29, 1.82) is 0 Å². The monoisotopic (exact) mass is 450 g/mol. The highest BCUT2D eigenvalue weighted by molar-refractivity contribution is 7.89. The van der Waals surface area contributed by atoms with Crippen molar-refractivity contribution in [1.82, 2.24) is 9.62 Å². The number of benzene rings is 1. The fourth-order valence-corrected chi connectivity index (χ4v) is 5.91. The lowest BCUT2D eigenvalue weighted by Gasteiger charge is -2.25. The molecule has 2 fully saturated rings. The largest absolute Gasteiger partial charge is 0.451 e. The standard InChI is InChI=1S/C22H31N3O5S/c1-17-19-16-18(31(27,28)25-10-3-2-4-11-25)6-7-20(19)30-21(17)22(26)23-8-5-9-24-12-14-29-15-13-24/h6-7,16H,2-5,8-15H2,1H3,(H,23,26)/p+1. The van der Waals surface area contributed by atoms with E-state index in [0.29, 0.717) is 36.2 Å². The first-order chi connectivity index (χ1) is 15.0. The molecule has 1 amide bonds. The maximum absolute atomic E-state index is 13.0. The highest BCUT2D eigenvalue weighted by Crippen LogP contribution is 2.29. The number of piperidine rings is 1. The van der Waals surface area contributed by atoms with Gasteiger partial charge >= 0.3 is 0 Å². The van der Waals surface area contributed by atoms with E-state index in [0.717, 1.165) is 58.5 Å². The smallest absolute Gasteiger partial charge is 0.287 e. The number of sulfonamides is 1. The minimum Gasteiger partial charge on any atom is -0.451 e. The molecule has 0 unspecified atom stereocenters. The van der Waals surface area contributed by atoms with Gasteiger partial charge in [-0.25, -0.2) is 8.42 Å². The van der Waals surface area contributed by atoms with Crippen LogP contribution >= 0.6 is 0 Å². The predicted octanol–water partition coefficient (Wildman–Crippen LogP) is 0.951. The number of quaternary nitrogens is 1. The molecule has 3 heterocycles. The highest BCUT2D eigenvalue weighted by atomic mass is 32.2. The Morgan fingerprint density at radius 2 is 1.90 bits per heavy atom. The first kappa shape index (κ1) is 22.3. The van der Waals surface area contributed by atoms with Crippen molar-refractivity contribution in [3.63, 3.8) is 0 Å². The number of nitrogens with zero attached hydrogens (tertiary/aromatic N) is 1. The van der Waals surface area contributed by atoms with Crippen LogP contribution in [0.25, 0.3) is 11.0 Å². The number of carbonyl (C=O) groups excluding carboxylic acids is 1. The Balaban J connectivity index is 1.43. The minimum absolute atomic E-state index is 0.251. The number of aryl methyl sites for hydroxylation is 1. The van der Waals surface area contributed by atoms with Crippen molar-refractivity contribution in [3.05, 3.63) is 29.5 Å². The molecule has 0 spiro atoms. The van der Waals surface area contributed by atoms with E-state index in [9.17, 15) is 13.2 Å². The molecule has 1 aromatic heterocycles. The number of fused-ring (bicyclic) bond motifs is 1. The van der Waals surface area contributed by atoms with Gasteiger partial charge in [0.25, 0.3) is 5.91 Å². The number of furan rings is 1. The molecule has 2 N–H and O–H groups in total. The Kier molecular flexibility index (Phi) is 6.95. The fraction of sp³-hybridized carbons (Fsp3) is 0.591. The van der Waals surface area contributed by atoms with E-state index in [1.807, 2.05) is 0 Å². The van der Waals surface area contributed by atoms with Crippen molar-refractivity contribution in [2.75, 3.05) is 52.5 Å². The quantitative estimate of drug-likeness (QED) is 0.613. The Hall–Kier alpha value is -1.94. The van der Waals surface area contributed by atoms with E-state index in [2.05, 4.69) is 5.32 Å². The Bertz CT molecular complexity index is 1020. The van der Waals surface area contributed by atoms with Gasteiger partial charge in [0.1, 0.15) is 18.7 Å². The molecule has 2 saturated heterocycles. The number of amides is 1. The van der Waals surface area contributed by atoms with Gasteiger partial charge in [0.05, 0.1) is 24.7 Å². The Morgan fingerprint density at radius 3 is 2.65 bits per heavy atom. The summed E-state index contributed by atoms with van der Waals surface area (Å²) < 4.78 is 38.7. The molecule has 0 saturated carbocycles. The highest BCUT2D eigenvalue weighted by Gasteiger charge is 2.27. The SMILES string of the molecule is Cc1c(C(=O)NCCC[NH+]2CCOCC2)oc2ccc(S(=O)(=O)N3CCCCC3)cc12. The van der Waals surface area contributed by atoms with Crippen molar-refractivity contribution in [3.8, 4) is 0 Å². The molecule has 0 aliphatic carbocycles. The van der Waals surface area contributed by atoms with Gasteiger partial charge in [-0.1, -0.05) is 6.42 Å². The van der Waals surface area contributed by atoms with Crippen LogP contribution in [0.4, 0.5) is 0 Å². The number of carbonyl (C=O) groups is 1. The van der Waals surface area contributed by atoms with E-state index in [1.165, 1.54) is 4.90 Å². The zero-order valence-electron chi connectivity index (χ0n) is 18.1. The van der Waals surface area contributed by atoms with Crippen molar-refractivity contribution >= 4 is 26.9 Å². The summed E-state index contributed by atoms with van der Waals surface area (Å²) in [7, 11) is -3.53. The van der Waals surface area contributed by atoms with E-state index in [4.69, 9.17) is 9.15 Å². The van der Waals surface area contributed by atoms with Crippen LogP contribution in [0.15, 0.2) is 27.5 Å². The van der Waals surface area contributed by atoms with Crippen LogP contribution in [0, 0.1) is 6.92 Å². The van der Waals surface area contributed by atoms with Crippen LogP contribution in [0.5, 0.6) is 0 Å². The topological polar surface area (TPSA) is 93.3 Å². The molecule has 31 heavy (non-hydrogen) atoms. The maximum atomic E-state index is 13.0. The molecule has 2 aromatic rings. The third-order valence-electron chi connectivity index (χ3n) is 6.26. The maximum Gasteiger partial charge on any atom is 0.287 e. The summed E-state index contributed by atoms with van der Waals surface area (Å²) in [6.07, 6.45) is 3.74. The number of rotatable bonds is 7. The number of hydrogen-bond donors (Lipinski definition) is 2. The summed E-state index contributed by atoms with van der Waals surface area (Å²) >= 11 is 0. The average Bonchev–Trinajstić information content (AvgIpc) is 3.14. The summed E-state index contributed by atoms with van der Waals surface area (Å²) in [5, 5.41) is 3.60. The summed E-state index contributed by atoms with van der Waals surface area (Å²) in [5.74, 6) is -0.00708.